The lowest BCUT2D eigenvalue weighted by Gasteiger charge is -2.31. The van der Waals surface area contributed by atoms with Crippen molar-refractivity contribution in [1.29, 1.82) is 0 Å². The third kappa shape index (κ3) is 3.75. The number of rotatable bonds is 7. The lowest BCUT2D eigenvalue weighted by atomic mass is 9.92. The fourth-order valence-corrected chi connectivity index (χ4v) is 3.89. The van der Waals surface area contributed by atoms with Crippen LogP contribution in [0.2, 0.25) is 0 Å². The number of carbonyl (C=O) groups excluding carboxylic acids is 3. The fourth-order valence-electron chi connectivity index (χ4n) is 3.89. The van der Waals surface area contributed by atoms with Crippen LogP contribution in [0, 0.1) is 0 Å². The normalized spacial score (nSPS) is 20.0. The molecule has 2 heterocycles. The van der Waals surface area contributed by atoms with Gasteiger partial charge < -0.3 is 16.0 Å². The summed E-state index contributed by atoms with van der Waals surface area (Å²) >= 11 is 0. The summed E-state index contributed by atoms with van der Waals surface area (Å²) in [4.78, 5) is 37.8. The Bertz CT molecular complexity index is 749. The molecule has 1 unspecified atom stereocenters. The lowest BCUT2D eigenvalue weighted by molar-refractivity contribution is -0.136. The molecule has 0 spiro atoms. The number of hydrogen-bond acceptors (Lipinski definition) is 5. The maximum atomic E-state index is 12.7. The minimum atomic E-state index is -0.575. The zero-order chi connectivity index (χ0) is 19.6. The third-order valence-corrected chi connectivity index (χ3v) is 6.00. The summed E-state index contributed by atoms with van der Waals surface area (Å²) in [5.41, 5.74) is 8.53. The van der Waals surface area contributed by atoms with E-state index in [9.17, 15) is 14.4 Å². The molecule has 0 saturated carbocycles. The molecule has 0 aliphatic carbocycles. The largest absolute Gasteiger partial charge is 0.329 e. The molecule has 7 heteroatoms. The Kier molecular flexibility index (Phi) is 5.62. The van der Waals surface area contributed by atoms with Crippen molar-refractivity contribution in [1.82, 2.24) is 15.5 Å². The number of hydrogen-bond donors (Lipinski definition) is 3. The average Bonchev–Trinajstić information content (AvgIpc) is 2.99. The second-order valence-electron chi connectivity index (χ2n) is 7.44. The van der Waals surface area contributed by atoms with Crippen LogP contribution < -0.4 is 16.4 Å². The van der Waals surface area contributed by atoms with E-state index in [1.54, 1.807) is 4.90 Å². The van der Waals surface area contributed by atoms with Gasteiger partial charge in [0.25, 0.3) is 5.91 Å². The topological polar surface area (TPSA) is 105 Å². The maximum Gasteiger partial charge on any atom is 0.255 e. The summed E-state index contributed by atoms with van der Waals surface area (Å²) in [6, 6.07) is 5.24. The highest BCUT2D eigenvalue weighted by molar-refractivity contribution is 6.05. The van der Waals surface area contributed by atoms with Crippen molar-refractivity contribution >= 4 is 17.7 Å². The summed E-state index contributed by atoms with van der Waals surface area (Å²) in [6.45, 7) is 5.91. The number of carbonyl (C=O) groups is 3. The second kappa shape index (κ2) is 7.78. The van der Waals surface area contributed by atoms with Gasteiger partial charge >= 0.3 is 0 Å². The van der Waals surface area contributed by atoms with Crippen molar-refractivity contribution < 1.29 is 14.4 Å². The Hall–Kier alpha value is -2.25. The maximum absolute atomic E-state index is 12.7. The molecule has 3 rings (SSSR count). The van der Waals surface area contributed by atoms with E-state index >= 15 is 0 Å². The lowest BCUT2D eigenvalue weighted by Crippen LogP contribution is -2.52. The first kappa shape index (κ1) is 19.5. The molecule has 2 aliphatic heterocycles. The van der Waals surface area contributed by atoms with E-state index in [2.05, 4.69) is 24.5 Å². The number of imide groups is 1. The van der Waals surface area contributed by atoms with Gasteiger partial charge in [-0.25, -0.2) is 0 Å². The molecule has 1 atom stereocenters. The van der Waals surface area contributed by atoms with E-state index in [-0.39, 0.29) is 29.7 Å². The van der Waals surface area contributed by atoms with Crippen LogP contribution in [0.1, 0.15) is 61.0 Å². The monoisotopic (exact) mass is 372 g/mol. The predicted molar refractivity (Wildman–Crippen MR) is 102 cm³/mol. The van der Waals surface area contributed by atoms with Crippen LogP contribution in [-0.2, 0) is 22.7 Å². The Morgan fingerprint density at radius 1 is 1.26 bits per heavy atom. The molecule has 7 nitrogen and oxygen atoms in total. The van der Waals surface area contributed by atoms with E-state index in [1.165, 1.54) is 0 Å². The van der Waals surface area contributed by atoms with Gasteiger partial charge in [-0.15, -0.1) is 0 Å². The predicted octanol–water partition coefficient (Wildman–Crippen LogP) is 1.05. The summed E-state index contributed by atoms with van der Waals surface area (Å²) in [5, 5.41) is 5.89. The minimum Gasteiger partial charge on any atom is -0.329 e. The van der Waals surface area contributed by atoms with E-state index in [4.69, 9.17) is 5.73 Å². The molecule has 0 radical (unpaired) electrons. The molecule has 0 bridgehead atoms. The van der Waals surface area contributed by atoms with Crippen molar-refractivity contribution in [2.24, 2.45) is 5.73 Å². The summed E-state index contributed by atoms with van der Waals surface area (Å²) in [7, 11) is 0. The molecule has 0 aromatic heterocycles. The Labute approximate surface area is 159 Å². The van der Waals surface area contributed by atoms with Gasteiger partial charge in [0, 0.05) is 37.2 Å². The molecule has 3 amide bonds. The number of piperidine rings is 1. The van der Waals surface area contributed by atoms with Crippen LogP contribution in [0.25, 0.3) is 0 Å². The quantitative estimate of drug-likeness (QED) is 0.621. The number of nitrogens with zero attached hydrogens (tertiary/aromatic N) is 1. The highest BCUT2D eigenvalue weighted by atomic mass is 16.2. The molecule has 1 fully saturated rings. The second-order valence-corrected chi connectivity index (χ2v) is 7.44. The SMILES string of the molecule is CCC(CC)(CN)NCc1ccc2c(c1)CN(C1CCC(=O)NC1=O)C2=O. The number of fused-ring (bicyclic) bond motifs is 1. The van der Waals surface area contributed by atoms with Crippen LogP contribution in [-0.4, -0.2) is 40.7 Å². The minimum absolute atomic E-state index is 0.0758. The number of nitrogens with two attached hydrogens (primary N) is 1. The summed E-state index contributed by atoms with van der Waals surface area (Å²) in [5.74, 6) is -0.797. The van der Waals surface area contributed by atoms with Crippen molar-refractivity contribution in [3.8, 4) is 0 Å². The highest BCUT2D eigenvalue weighted by Gasteiger charge is 2.39. The van der Waals surface area contributed by atoms with E-state index in [0.29, 0.717) is 31.6 Å². The summed E-state index contributed by atoms with van der Waals surface area (Å²) in [6.07, 6.45) is 2.55. The highest BCUT2D eigenvalue weighted by Crippen LogP contribution is 2.28. The molecule has 1 aromatic carbocycles. The molecule has 1 saturated heterocycles. The van der Waals surface area contributed by atoms with Gasteiger partial charge in [0.15, 0.2) is 0 Å². The molecular weight excluding hydrogens is 344 g/mol. The van der Waals surface area contributed by atoms with Gasteiger partial charge in [-0.3, -0.25) is 19.7 Å². The van der Waals surface area contributed by atoms with Crippen LogP contribution >= 0.6 is 0 Å². The number of amides is 3. The molecule has 27 heavy (non-hydrogen) atoms. The zero-order valence-electron chi connectivity index (χ0n) is 16.0. The first-order valence-corrected chi connectivity index (χ1v) is 9.64. The van der Waals surface area contributed by atoms with Gasteiger partial charge in [-0.1, -0.05) is 26.0 Å². The van der Waals surface area contributed by atoms with Gasteiger partial charge in [-0.05, 0) is 36.5 Å². The van der Waals surface area contributed by atoms with Gasteiger partial charge in [0.05, 0.1) is 0 Å². The van der Waals surface area contributed by atoms with Crippen molar-refractivity contribution in [2.45, 2.75) is 64.2 Å². The smallest absolute Gasteiger partial charge is 0.255 e. The van der Waals surface area contributed by atoms with Crippen molar-refractivity contribution in [3.63, 3.8) is 0 Å². The number of nitrogens with one attached hydrogen (secondary N) is 2. The molecular formula is C20H28N4O3. The van der Waals surface area contributed by atoms with E-state index in [1.807, 2.05) is 18.2 Å². The first-order chi connectivity index (χ1) is 12.9. The Morgan fingerprint density at radius 2 is 2.00 bits per heavy atom. The molecule has 146 valence electrons. The summed E-state index contributed by atoms with van der Waals surface area (Å²) < 4.78 is 0. The fraction of sp³-hybridized carbons (Fsp3) is 0.550. The average molecular weight is 372 g/mol. The molecule has 4 N–H and O–H groups in total. The van der Waals surface area contributed by atoms with Crippen LogP contribution in [0.5, 0.6) is 0 Å². The Balaban J connectivity index is 1.72. The molecule has 2 aliphatic rings. The zero-order valence-corrected chi connectivity index (χ0v) is 16.0. The molecule has 1 aromatic rings. The van der Waals surface area contributed by atoms with Crippen molar-refractivity contribution in [2.75, 3.05) is 6.54 Å². The van der Waals surface area contributed by atoms with Crippen LogP contribution in [0.3, 0.4) is 0 Å². The van der Waals surface area contributed by atoms with Gasteiger partial charge in [0.2, 0.25) is 11.8 Å². The van der Waals surface area contributed by atoms with Gasteiger partial charge in [-0.2, -0.15) is 0 Å². The van der Waals surface area contributed by atoms with Crippen LogP contribution in [0.4, 0.5) is 0 Å². The third-order valence-electron chi connectivity index (χ3n) is 6.00. The standard InChI is InChI=1S/C20H28N4O3/c1-3-20(4-2,12-21)22-10-13-5-6-15-14(9-13)11-24(19(15)27)16-7-8-17(25)23-18(16)26/h5-6,9,16,22H,3-4,7-8,10-12,21H2,1-2H3,(H,23,25,26). The van der Waals surface area contributed by atoms with E-state index < -0.39 is 6.04 Å². The van der Waals surface area contributed by atoms with E-state index in [0.717, 1.165) is 24.0 Å². The first-order valence-electron chi connectivity index (χ1n) is 9.64. The van der Waals surface area contributed by atoms with Gasteiger partial charge in [0.1, 0.15) is 6.04 Å². The Morgan fingerprint density at radius 3 is 2.63 bits per heavy atom. The van der Waals surface area contributed by atoms with Crippen molar-refractivity contribution in [3.05, 3.63) is 34.9 Å². The number of benzene rings is 1. The van der Waals surface area contributed by atoms with Crippen LogP contribution in [0.15, 0.2) is 18.2 Å².